The van der Waals surface area contributed by atoms with Crippen molar-refractivity contribution < 1.29 is 4.52 Å². The number of hydrogen-bond donors (Lipinski definition) is 1. The molecule has 5 rings (SSSR count). The van der Waals surface area contributed by atoms with Crippen molar-refractivity contribution in [3.8, 4) is 17.4 Å². The van der Waals surface area contributed by atoms with Crippen molar-refractivity contribution in [1.82, 2.24) is 10.5 Å². The van der Waals surface area contributed by atoms with Gasteiger partial charge in [-0.3, -0.25) is 0 Å². The van der Waals surface area contributed by atoms with Crippen LogP contribution in [-0.4, -0.2) is 17.7 Å². The zero-order valence-electron chi connectivity index (χ0n) is 15.8. The summed E-state index contributed by atoms with van der Waals surface area (Å²) in [4.78, 5) is 0. The predicted molar refractivity (Wildman–Crippen MR) is 108 cm³/mol. The number of nitrogens with one attached hydrogen (secondary N) is 1. The normalized spacial score (nSPS) is 22.2. The Morgan fingerprint density at radius 2 is 1.89 bits per heavy atom. The molecule has 3 aromatic rings. The van der Waals surface area contributed by atoms with Gasteiger partial charge in [0, 0.05) is 35.5 Å². The highest BCUT2D eigenvalue weighted by Crippen LogP contribution is 2.46. The third-order valence-electron chi connectivity index (χ3n) is 6.38. The minimum Gasteiger partial charge on any atom is -0.356 e. The van der Waals surface area contributed by atoms with E-state index in [9.17, 15) is 0 Å². The highest BCUT2D eigenvalue weighted by atomic mass is 16.5. The Morgan fingerprint density at radius 3 is 2.57 bits per heavy atom. The van der Waals surface area contributed by atoms with Crippen molar-refractivity contribution in [2.24, 2.45) is 0 Å². The minimum atomic E-state index is 0.0954. The predicted octanol–water partition coefficient (Wildman–Crippen LogP) is 4.78. The van der Waals surface area contributed by atoms with Crippen LogP contribution in [0.3, 0.4) is 0 Å². The van der Waals surface area contributed by atoms with Crippen LogP contribution in [0.1, 0.15) is 48.4 Å². The van der Waals surface area contributed by atoms with Gasteiger partial charge < -0.3 is 9.84 Å². The molecule has 1 heterocycles. The van der Waals surface area contributed by atoms with Crippen LogP contribution < -0.4 is 5.32 Å². The summed E-state index contributed by atoms with van der Waals surface area (Å²) in [7, 11) is 0. The molecule has 28 heavy (non-hydrogen) atoms. The molecule has 2 aliphatic carbocycles. The first kappa shape index (κ1) is 17.2. The Morgan fingerprint density at radius 1 is 1.11 bits per heavy atom. The molecule has 4 nitrogen and oxygen atoms in total. The highest BCUT2D eigenvalue weighted by Gasteiger charge is 2.45. The summed E-state index contributed by atoms with van der Waals surface area (Å²) in [6, 6.07) is 23.1. The third-order valence-corrected chi connectivity index (χ3v) is 6.38. The summed E-state index contributed by atoms with van der Waals surface area (Å²) in [5.41, 5.74) is 4.21. The van der Waals surface area contributed by atoms with Crippen LogP contribution in [0.5, 0.6) is 0 Å². The third kappa shape index (κ3) is 3.12. The van der Waals surface area contributed by atoms with Crippen LogP contribution in [-0.2, 0) is 5.41 Å². The van der Waals surface area contributed by atoms with Gasteiger partial charge in [0.05, 0.1) is 17.3 Å². The lowest BCUT2D eigenvalue weighted by Crippen LogP contribution is -2.45. The van der Waals surface area contributed by atoms with E-state index in [1.807, 2.05) is 24.3 Å². The lowest BCUT2D eigenvalue weighted by Gasteiger charge is -2.40. The zero-order chi connectivity index (χ0) is 19.0. The molecule has 2 fully saturated rings. The average Bonchev–Trinajstić information content (AvgIpc) is 3.33. The SMILES string of the molecule is N#Cc1ccc(-c2cc(C3(CN[C@H]4C[C@@H]4c4ccccc4)CCC3)no2)cc1. The summed E-state index contributed by atoms with van der Waals surface area (Å²) in [5.74, 6) is 1.42. The van der Waals surface area contributed by atoms with E-state index in [4.69, 9.17) is 9.78 Å². The second-order valence-electron chi connectivity index (χ2n) is 8.14. The van der Waals surface area contributed by atoms with Crippen molar-refractivity contribution >= 4 is 0 Å². The van der Waals surface area contributed by atoms with Gasteiger partial charge in [-0.1, -0.05) is 41.9 Å². The largest absolute Gasteiger partial charge is 0.356 e. The molecule has 2 aliphatic rings. The number of benzene rings is 2. The molecule has 0 radical (unpaired) electrons. The maximum absolute atomic E-state index is 8.96. The maximum Gasteiger partial charge on any atom is 0.167 e. The Labute approximate surface area is 165 Å². The number of rotatable bonds is 6. The maximum atomic E-state index is 8.96. The first-order chi connectivity index (χ1) is 13.8. The van der Waals surface area contributed by atoms with Crippen molar-refractivity contribution in [3.63, 3.8) is 0 Å². The molecule has 140 valence electrons. The van der Waals surface area contributed by atoms with E-state index in [2.05, 4.69) is 52.9 Å². The number of aromatic nitrogens is 1. The summed E-state index contributed by atoms with van der Waals surface area (Å²) < 4.78 is 5.66. The van der Waals surface area contributed by atoms with Crippen molar-refractivity contribution in [1.29, 1.82) is 5.26 Å². The van der Waals surface area contributed by atoms with Gasteiger partial charge in [-0.25, -0.2) is 0 Å². The van der Waals surface area contributed by atoms with Gasteiger partial charge in [0.15, 0.2) is 5.76 Å². The molecule has 1 aromatic heterocycles. The summed E-state index contributed by atoms with van der Waals surface area (Å²) in [6.45, 7) is 0.959. The Kier molecular flexibility index (Phi) is 4.26. The molecule has 4 heteroatoms. The van der Waals surface area contributed by atoms with Crippen LogP contribution >= 0.6 is 0 Å². The quantitative estimate of drug-likeness (QED) is 0.679. The first-order valence-corrected chi connectivity index (χ1v) is 10.0. The number of nitriles is 1. The lowest BCUT2D eigenvalue weighted by atomic mass is 9.66. The highest BCUT2D eigenvalue weighted by molar-refractivity contribution is 5.59. The van der Waals surface area contributed by atoms with Gasteiger partial charge in [-0.2, -0.15) is 5.26 Å². The average molecular weight is 369 g/mol. The molecule has 0 saturated heterocycles. The van der Waals surface area contributed by atoms with Crippen molar-refractivity contribution in [2.75, 3.05) is 6.54 Å². The van der Waals surface area contributed by atoms with E-state index < -0.39 is 0 Å². The molecule has 0 aliphatic heterocycles. The Hall–Kier alpha value is -2.90. The molecule has 2 saturated carbocycles. The molecule has 0 amide bonds. The Balaban J connectivity index is 1.27. The van der Waals surface area contributed by atoms with Crippen molar-refractivity contribution in [3.05, 3.63) is 77.5 Å². The smallest absolute Gasteiger partial charge is 0.167 e. The van der Waals surface area contributed by atoms with Gasteiger partial charge in [0.25, 0.3) is 0 Å². The van der Waals surface area contributed by atoms with E-state index in [0.717, 1.165) is 36.4 Å². The molecular formula is C24H23N3O. The molecule has 2 atom stereocenters. The molecule has 2 aromatic carbocycles. The molecular weight excluding hydrogens is 346 g/mol. The Bertz CT molecular complexity index is 996. The fourth-order valence-electron chi connectivity index (χ4n) is 4.31. The summed E-state index contributed by atoms with van der Waals surface area (Å²) >= 11 is 0. The minimum absolute atomic E-state index is 0.0954. The van der Waals surface area contributed by atoms with Gasteiger partial charge in [-0.05, 0) is 49.1 Å². The van der Waals surface area contributed by atoms with Gasteiger partial charge in [0.1, 0.15) is 0 Å². The molecule has 0 spiro atoms. The fraction of sp³-hybridized carbons (Fsp3) is 0.333. The monoisotopic (exact) mass is 369 g/mol. The standard InChI is InChI=1S/C24H23N3O/c25-15-17-7-9-19(10-8-17)22-14-23(27-28-22)24(11-4-12-24)16-26-21-13-20(21)18-5-2-1-3-6-18/h1-3,5-10,14,20-21,26H,4,11-13,16H2/t20-,21+/m1/s1. The van der Waals surface area contributed by atoms with E-state index in [-0.39, 0.29) is 5.41 Å². The number of nitrogens with zero attached hydrogens (tertiary/aromatic N) is 2. The van der Waals surface area contributed by atoms with Crippen LogP contribution in [0.15, 0.2) is 65.2 Å². The molecule has 0 unspecified atom stereocenters. The topological polar surface area (TPSA) is 61.9 Å². The van der Waals surface area contributed by atoms with Crippen LogP contribution in [0.4, 0.5) is 0 Å². The zero-order valence-corrected chi connectivity index (χ0v) is 15.8. The molecule has 1 N–H and O–H groups in total. The second kappa shape index (κ2) is 6.92. The van der Waals surface area contributed by atoms with E-state index in [1.54, 1.807) is 0 Å². The second-order valence-corrected chi connectivity index (χ2v) is 8.14. The van der Waals surface area contributed by atoms with E-state index >= 15 is 0 Å². The van der Waals surface area contributed by atoms with Crippen LogP contribution in [0, 0.1) is 11.3 Å². The summed E-state index contributed by atoms with van der Waals surface area (Å²) in [6.07, 6.45) is 4.77. The first-order valence-electron chi connectivity index (χ1n) is 10.0. The fourth-order valence-corrected chi connectivity index (χ4v) is 4.31. The summed E-state index contributed by atoms with van der Waals surface area (Å²) in [5, 5.41) is 17.2. The lowest BCUT2D eigenvalue weighted by molar-refractivity contribution is 0.216. The van der Waals surface area contributed by atoms with Crippen LogP contribution in [0.25, 0.3) is 11.3 Å². The number of hydrogen-bond acceptors (Lipinski definition) is 4. The van der Waals surface area contributed by atoms with E-state index in [0.29, 0.717) is 17.5 Å². The van der Waals surface area contributed by atoms with E-state index in [1.165, 1.54) is 18.4 Å². The van der Waals surface area contributed by atoms with Crippen LogP contribution in [0.2, 0.25) is 0 Å². The van der Waals surface area contributed by atoms with Gasteiger partial charge in [-0.15, -0.1) is 0 Å². The van der Waals surface area contributed by atoms with Gasteiger partial charge in [0.2, 0.25) is 0 Å². The van der Waals surface area contributed by atoms with Gasteiger partial charge >= 0.3 is 0 Å². The van der Waals surface area contributed by atoms with Crippen molar-refractivity contribution in [2.45, 2.75) is 43.1 Å². The molecule has 0 bridgehead atoms.